The number of aldehydes is 1. The molecule has 10 heavy (non-hydrogen) atoms. The number of carbonyl (C=O) groups excluding carboxylic acids is 1. The average molecular weight is 140 g/mol. The lowest BCUT2D eigenvalue weighted by Crippen LogP contribution is -2.01. The maximum Gasteiger partial charge on any atom is 0.123 e. The standard InChI is InChI=1S/C9H16O/c1-3-7(4-2)9-5-8(9)6-10/h6-9H,3-5H2,1-2H3. The van der Waals surface area contributed by atoms with E-state index in [2.05, 4.69) is 13.8 Å². The highest BCUT2D eigenvalue weighted by molar-refractivity contribution is 5.58. The first-order valence-corrected chi connectivity index (χ1v) is 4.28. The van der Waals surface area contributed by atoms with E-state index >= 15 is 0 Å². The summed E-state index contributed by atoms with van der Waals surface area (Å²) in [7, 11) is 0. The van der Waals surface area contributed by atoms with Crippen molar-refractivity contribution in [3.05, 3.63) is 0 Å². The van der Waals surface area contributed by atoms with E-state index in [0.717, 1.165) is 24.5 Å². The van der Waals surface area contributed by atoms with Crippen molar-refractivity contribution in [2.45, 2.75) is 33.1 Å². The second-order valence-corrected chi connectivity index (χ2v) is 3.28. The second-order valence-electron chi connectivity index (χ2n) is 3.28. The molecular weight excluding hydrogens is 124 g/mol. The third kappa shape index (κ3) is 1.39. The molecule has 0 aromatic carbocycles. The minimum atomic E-state index is 0.421. The van der Waals surface area contributed by atoms with Gasteiger partial charge in [-0.15, -0.1) is 0 Å². The summed E-state index contributed by atoms with van der Waals surface area (Å²) in [4.78, 5) is 10.3. The van der Waals surface area contributed by atoms with E-state index in [4.69, 9.17) is 0 Å². The molecule has 0 bridgehead atoms. The molecule has 1 nitrogen and oxygen atoms in total. The molecule has 1 saturated carbocycles. The first-order valence-electron chi connectivity index (χ1n) is 4.28. The van der Waals surface area contributed by atoms with Gasteiger partial charge in [0.05, 0.1) is 0 Å². The molecule has 2 atom stereocenters. The summed E-state index contributed by atoms with van der Waals surface area (Å²) in [5.74, 6) is 1.98. The Labute approximate surface area is 62.8 Å². The van der Waals surface area contributed by atoms with Gasteiger partial charge >= 0.3 is 0 Å². The molecule has 0 heterocycles. The Kier molecular flexibility index (Phi) is 2.47. The van der Waals surface area contributed by atoms with Crippen molar-refractivity contribution in [1.29, 1.82) is 0 Å². The largest absolute Gasteiger partial charge is 0.303 e. The van der Waals surface area contributed by atoms with Crippen LogP contribution in [0.2, 0.25) is 0 Å². The summed E-state index contributed by atoms with van der Waals surface area (Å²) < 4.78 is 0. The van der Waals surface area contributed by atoms with E-state index in [1.807, 2.05) is 0 Å². The summed E-state index contributed by atoms with van der Waals surface area (Å²) in [6, 6.07) is 0. The SMILES string of the molecule is CCC(CC)C1CC1C=O. The molecule has 58 valence electrons. The lowest BCUT2D eigenvalue weighted by molar-refractivity contribution is -0.109. The van der Waals surface area contributed by atoms with E-state index in [9.17, 15) is 4.79 Å². The molecule has 0 N–H and O–H groups in total. The number of carbonyl (C=O) groups is 1. The van der Waals surface area contributed by atoms with E-state index in [-0.39, 0.29) is 0 Å². The van der Waals surface area contributed by atoms with Gasteiger partial charge in [-0.2, -0.15) is 0 Å². The topological polar surface area (TPSA) is 17.1 Å². The molecule has 0 aromatic heterocycles. The Morgan fingerprint density at radius 1 is 1.50 bits per heavy atom. The van der Waals surface area contributed by atoms with Crippen LogP contribution in [0.5, 0.6) is 0 Å². The fourth-order valence-corrected chi connectivity index (χ4v) is 1.83. The normalized spacial score (nSPS) is 30.7. The predicted octanol–water partition coefficient (Wildman–Crippen LogP) is 2.26. The molecule has 2 unspecified atom stereocenters. The van der Waals surface area contributed by atoms with Crippen LogP contribution in [0.4, 0.5) is 0 Å². The van der Waals surface area contributed by atoms with E-state index in [1.54, 1.807) is 0 Å². The third-order valence-electron chi connectivity index (χ3n) is 2.72. The fraction of sp³-hybridized carbons (Fsp3) is 0.889. The molecule has 1 rings (SSSR count). The van der Waals surface area contributed by atoms with Gasteiger partial charge in [0.2, 0.25) is 0 Å². The van der Waals surface area contributed by atoms with Crippen molar-refractivity contribution in [2.24, 2.45) is 17.8 Å². The fourth-order valence-electron chi connectivity index (χ4n) is 1.83. The van der Waals surface area contributed by atoms with Gasteiger partial charge in [0, 0.05) is 5.92 Å². The summed E-state index contributed by atoms with van der Waals surface area (Å²) in [6.07, 6.45) is 4.77. The zero-order chi connectivity index (χ0) is 7.56. The van der Waals surface area contributed by atoms with Crippen LogP contribution >= 0.6 is 0 Å². The average Bonchev–Trinajstić information content (AvgIpc) is 2.70. The van der Waals surface area contributed by atoms with E-state index < -0.39 is 0 Å². The lowest BCUT2D eigenvalue weighted by atomic mass is 9.96. The lowest BCUT2D eigenvalue weighted by Gasteiger charge is -2.09. The minimum absolute atomic E-state index is 0.421. The van der Waals surface area contributed by atoms with Gasteiger partial charge in [0.25, 0.3) is 0 Å². The van der Waals surface area contributed by atoms with Crippen LogP contribution in [-0.4, -0.2) is 6.29 Å². The van der Waals surface area contributed by atoms with Crippen LogP contribution < -0.4 is 0 Å². The molecule has 0 amide bonds. The van der Waals surface area contributed by atoms with Gasteiger partial charge < -0.3 is 4.79 Å². The molecular formula is C9H16O. The maximum absolute atomic E-state index is 10.3. The first-order chi connectivity index (χ1) is 4.83. The van der Waals surface area contributed by atoms with Crippen molar-refractivity contribution in [3.63, 3.8) is 0 Å². The smallest absolute Gasteiger partial charge is 0.123 e. The summed E-state index contributed by atoms with van der Waals surface area (Å²) >= 11 is 0. The van der Waals surface area contributed by atoms with Gasteiger partial charge in [-0.05, 0) is 18.3 Å². The summed E-state index contributed by atoms with van der Waals surface area (Å²) in [6.45, 7) is 4.43. The van der Waals surface area contributed by atoms with Crippen LogP contribution in [0.1, 0.15) is 33.1 Å². The Bertz CT molecular complexity index is 116. The van der Waals surface area contributed by atoms with Crippen molar-refractivity contribution in [3.8, 4) is 0 Å². The Morgan fingerprint density at radius 2 is 2.10 bits per heavy atom. The summed E-state index contributed by atoms with van der Waals surface area (Å²) in [5.41, 5.74) is 0. The number of hydrogen-bond acceptors (Lipinski definition) is 1. The molecule has 1 aliphatic carbocycles. The molecule has 0 saturated heterocycles. The van der Waals surface area contributed by atoms with E-state index in [0.29, 0.717) is 5.92 Å². The Hall–Kier alpha value is -0.330. The van der Waals surface area contributed by atoms with Gasteiger partial charge in [-0.25, -0.2) is 0 Å². The molecule has 0 aliphatic heterocycles. The third-order valence-corrected chi connectivity index (χ3v) is 2.72. The van der Waals surface area contributed by atoms with Crippen molar-refractivity contribution in [2.75, 3.05) is 0 Å². The predicted molar refractivity (Wildman–Crippen MR) is 41.7 cm³/mol. The zero-order valence-corrected chi connectivity index (χ0v) is 6.84. The summed E-state index contributed by atoms with van der Waals surface area (Å²) in [5, 5.41) is 0. The molecule has 1 aliphatic rings. The Balaban J connectivity index is 2.29. The number of rotatable bonds is 4. The van der Waals surface area contributed by atoms with Gasteiger partial charge in [-0.1, -0.05) is 26.7 Å². The first kappa shape index (κ1) is 7.77. The van der Waals surface area contributed by atoms with Gasteiger partial charge in [0.15, 0.2) is 0 Å². The van der Waals surface area contributed by atoms with Crippen molar-refractivity contribution >= 4 is 6.29 Å². The minimum Gasteiger partial charge on any atom is -0.303 e. The second kappa shape index (κ2) is 3.18. The van der Waals surface area contributed by atoms with Gasteiger partial charge in [-0.3, -0.25) is 0 Å². The van der Waals surface area contributed by atoms with Crippen LogP contribution in [0.15, 0.2) is 0 Å². The molecule has 1 fully saturated rings. The highest BCUT2D eigenvalue weighted by Gasteiger charge is 2.40. The zero-order valence-electron chi connectivity index (χ0n) is 6.84. The highest BCUT2D eigenvalue weighted by Crippen LogP contribution is 2.45. The highest BCUT2D eigenvalue weighted by atomic mass is 16.1. The number of hydrogen-bond donors (Lipinski definition) is 0. The molecule has 0 radical (unpaired) electrons. The molecule has 0 spiro atoms. The monoisotopic (exact) mass is 140 g/mol. The van der Waals surface area contributed by atoms with Crippen LogP contribution in [0.25, 0.3) is 0 Å². The molecule has 1 heteroatoms. The van der Waals surface area contributed by atoms with Gasteiger partial charge in [0.1, 0.15) is 6.29 Å². The van der Waals surface area contributed by atoms with Crippen molar-refractivity contribution in [1.82, 2.24) is 0 Å². The van der Waals surface area contributed by atoms with Crippen LogP contribution in [-0.2, 0) is 4.79 Å². The quantitative estimate of drug-likeness (QED) is 0.547. The molecule has 0 aromatic rings. The van der Waals surface area contributed by atoms with E-state index in [1.165, 1.54) is 12.8 Å². The van der Waals surface area contributed by atoms with Crippen LogP contribution in [0.3, 0.4) is 0 Å². The Morgan fingerprint density at radius 3 is 2.40 bits per heavy atom. The van der Waals surface area contributed by atoms with Crippen molar-refractivity contribution < 1.29 is 4.79 Å². The maximum atomic E-state index is 10.3. The van der Waals surface area contributed by atoms with Crippen LogP contribution in [0, 0.1) is 17.8 Å².